The highest BCUT2D eigenvalue weighted by Gasteiger charge is 2.19. The van der Waals surface area contributed by atoms with Crippen LogP contribution < -0.4 is 9.47 Å². The predicted octanol–water partition coefficient (Wildman–Crippen LogP) is 7.63. The third-order valence-corrected chi connectivity index (χ3v) is 6.77. The van der Waals surface area contributed by atoms with Crippen molar-refractivity contribution in [1.82, 2.24) is 0 Å². The fourth-order valence-corrected chi connectivity index (χ4v) is 4.51. The summed E-state index contributed by atoms with van der Waals surface area (Å²) in [5, 5.41) is 10.4. The van der Waals surface area contributed by atoms with Crippen molar-refractivity contribution < 1.29 is 19.4 Å². The second-order valence-corrected chi connectivity index (χ2v) is 9.52. The molecule has 1 N–H and O–H groups in total. The van der Waals surface area contributed by atoms with Gasteiger partial charge in [-0.3, -0.25) is 0 Å². The van der Waals surface area contributed by atoms with E-state index in [1.807, 2.05) is 97.1 Å². The topological polar surface area (TPSA) is 55.8 Å². The van der Waals surface area contributed by atoms with Crippen molar-refractivity contribution in [3.8, 4) is 22.6 Å². The molecule has 4 aromatic rings. The first-order valence-corrected chi connectivity index (χ1v) is 12.4. The van der Waals surface area contributed by atoms with Gasteiger partial charge in [0, 0.05) is 14.8 Å². The number of halogens is 1. The van der Waals surface area contributed by atoms with Gasteiger partial charge in [-0.25, -0.2) is 4.79 Å². The van der Waals surface area contributed by atoms with E-state index in [9.17, 15) is 9.90 Å². The third-order valence-electron chi connectivity index (χ3n) is 5.50. The zero-order chi connectivity index (χ0) is 24.6. The quantitative estimate of drug-likeness (QED) is 0.240. The molecule has 0 bridgehead atoms. The molecule has 4 aromatic carbocycles. The number of hydrogen-bond donors (Lipinski definition) is 1. The van der Waals surface area contributed by atoms with E-state index >= 15 is 0 Å². The van der Waals surface area contributed by atoms with Crippen molar-refractivity contribution in [2.24, 2.45) is 0 Å². The number of aryl methyl sites for hydroxylation is 1. The minimum atomic E-state index is -0.973. The lowest BCUT2D eigenvalue weighted by atomic mass is 10.0. The maximum Gasteiger partial charge on any atom is 0.344 e. The van der Waals surface area contributed by atoms with E-state index in [2.05, 4.69) is 0 Å². The first kappa shape index (κ1) is 24.7. The second kappa shape index (κ2) is 11.8. The highest BCUT2D eigenvalue weighted by Crippen LogP contribution is 2.30. The highest BCUT2D eigenvalue weighted by atomic mass is 35.5. The van der Waals surface area contributed by atoms with Crippen LogP contribution in [-0.4, -0.2) is 24.3 Å². The van der Waals surface area contributed by atoms with Crippen LogP contribution in [0.3, 0.4) is 0 Å². The number of hydrogen-bond acceptors (Lipinski definition) is 4. The monoisotopic (exact) mass is 504 g/mol. The van der Waals surface area contributed by atoms with E-state index in [0.29, 0.717) is 23.6 Å². The molecule has 0 aliphatic heterocycles. The molecule has 4 rings (SSSR count). The van der Waals surface area contributed by atoms with Crippen LogP contribution in [0.1, 0.15) is 12.0 Å². The maximum atomic E-state index is 11.8. The first-order valence-electron chi connectivity index (χ1n) is 11.2. The summed E-state index contributed by atoms with van der Waals surface area (Å²) < 4.78 is 11.0. The van der Waals surface area contributed by atoms with Gasteiger partial charge in [-0.15, -0.1) is 0 Å². The Morgan fingerprint density at radius 2 is 1.31 bits per heavy atom. The lowest BCUT2D eigenvalue weighted by Crippen LogP contribution is -2.27. The Bertz CT molecular complexity index is 1240. The molecule has 0 saturated heterocycles. The number of benzene rings is 4. The molecule has 178 valence electrons. The maximum absolute atomic E-state index is 11.8. The molecule has 1 atom stereocenters. The molecule has 4 nitrogen and oxygen atoms in total. The molecule has 0 aliphatic rings. The van der Waals surface area contributed by atoms with Gasteiger partial charge in [0.05, 0.1) is 7.11 Å². The van der Waals surface area contributed by atoms with Gasteiger partial charge >= 0.3 is 5.97 Å². The van der Waals surface area contributed by atoms with Crippen molar-refractivity contribution >= 4 is 29.3 Å². The van der Waals surface area contributed by atoms with Crippen LogP contribution in [0.4, 0.5) is 0 Å². The summed E-state index contributed by atoms with van der Waals surface area (Å²) in [4.78, 5) is 13.9. The molecule has 1 unspecified atom stereocenters. The average Bonchev–Trinajstić information content (AvgIpc) is 2.88. The summed E-state index contributed by atoms with van der Waals surface area (Å²) in [6.07, 6.45) is 0.0485. The predicted molar refractivity (Wildman–Crippen MR) is 141 cm³/mol. The zero-order valence-corrected chi connectivity index (χ0v) is 20.8. The molecule has 6 heteroatoms. The summed E-state index contributed by atoms with van der Waals surface area (Å²) in [6, 6.07) is 31.1. The van der Waals surface area contributed by atoms with Crippen LogP contribution >= 0.6 is 23.4 Å². The van der Waals surface area contributed by atoms with E-state index in [-0.39, 0.29) is 0 Å². The van der Waals surface area contributed by atoms with Crippen molar-refractivity contribution in [3.63, 3.8) is 0 Å². The molecule has 0 radical (unpaired) electrons. The summed E-state index contributed by atoms with van der Waals surface area (Å²) >= 11 is 7.58. The largest absolute Gasteiger partial charge is 0.497 e. The van der Waals surface area contributed by atoms with E-state index in [1.54, 1.807) is 18.9 Å². The lowest BCUT2D eigenvalue weighted by molar-refractivity contribution is -0.145. The van der Waals surface area contributed by atoms with Crippen LogP contribution in [-0.2, 0) is 11.2 Å². The van der Waals surface area contributed by atoms with Gasteiger partial charge in [-0.1, -0.05) is 59.8 Å². The summed E-state index contributed by atoms with van der Waals surface area (Å²) in [5.41, 5.74) is 3.23. The minimum absolute atomic E-state index is 0.373. The number of ether oxygens (including phenoxy) is 2. The highest BCUT2D eigenvalue weighted by molar-refractivity contribution is 7.99. The third kappa shape index (κ3) is 7.04. The van der Waals surface area contributed by atoms with Gasteiger partial charge in [0.2, 0.25) is 0 Å². The molecule has 0 aromatic heterocycles. The smallest absolute Gasteiger partial charge is 0.344 e. The van der Waals surface area contributed by atoms with E-state index in [0.717, 1.165) is 32.2 Å². The molecule has 0 amide bonds. The molecule has 0 fully saturated rings. The van der Waals surface area contributed by atoms with Crippen molar-refractivity contribution in [3.05, 3.63) is 108 Å². The number of carbonyl (C=O) groups is 1. The van der Waals surface area contributed by atoms with Gasteiger partial charge < -0.3 is 14.6 Å². The fraction of sp³-hybridized carbons (Fsp3) is 0.138. The van der Waals surface area contributed by atoms with E-state index < -0.39 is 12.1 Å². The van der Waals surface area contributed by atoms with Crippen LogP contribution in [0.15, 0.2) is 107 Å². The van der Waals surface area contributed by atoms with Crippen LogP contribution in [0.2, 0.25) is 5.02 Å². The van der Waals surface area contributed by atoms with Crippen molar-refractivity contribution in [2.75, 3.05) is 7.11 Å². The molecule has 0 aliphatic carbocycles. The number of carboxylic acids is 1. The number of methoxy groups -OCH3 is 1. The van der Waals surface area contributed by atoms with Gasteiger partial charge in [-0.2, -0.15) is 0 Å². The number of rotatable bonds is 10. The second-order valence-electron chi connectivity index (χ2n) is 7.94. The Morgan fingerprint density at radius 1 is 0.800 bits per heavy atom. The fourth-order valence-electron chi connectivity index (χ4n) is 3.57. The number of carboxylic acid groups (broad SMARTS) is 1. The Balaban J connectivity index is 1.33. The Kier molecular flexibility index (Phi) is 8.35. The van der Waals surface area contributed by atoms with Gasteiger partial charge in [0.1, 0.15) is 11.5 Å². The molecule has 35 heavy (non-hydrogen) atoms. The Labute approximate surface area is 214 Å². The normalized spacial score (nSPS) is 11.6. The average molecular weight is 505 g/mol. The molecule has 0 spiro atoms. The van der Waals surface area contributed by atoms with Gasteiger partial charge in [0.15, 0.2) is 6.10 Å². The Morgan fingerprint density at radius 3 is 1.83 bits per heavy atom. The first-order chi connectivity index (χ1) is 17.0. The minimum Gasteiger partial charge on any atom is -0.497 e. The van der Waals surface area contributed by atoms with Crippen LogP contribution in [0.25, 0.3) is 11.1 Å². The van der Waals surface area contributed by atoms with Crippen molar-refractivity contribution in [1.29, 1.82) is 0 Å². The van der Waals surface area contributed by atoms with Gasteiger partial charge in [-0.05, 0) is 90.2 Å². The zero-order valence-electron chi connectivity index (χ0n) is 19.2. The van der Waals surface area contributed by atoms with Crippen LogP contribution in [0, 0.1) is 0 Å². The molecular formula is C29H25ClO4S. The summed E-state index contributed by atoms with van der Waals surface area (Å²) in [6.45, 7) is 0. The number of aliphatic carboxylic acids is 1. The van der Waals surface area contributed by atoms with Crippen LogP contribution in [0.5, 0.6) is 11.5 Å². The summed E-state index contributed by atoms with van der Waals surface area (Å²) in [5.74, 6) is 0.379. The van der Waals surface area contributed by atoms with E-state index in [1.165, 1.54) is 0 Å². The molecular weight excluding hydrogens is 480 g/mol. The van der Waals surface area contributed by atoms with Gasteiger partial charge in [0.25, 0.3) is 0 Å². The summed E-state index contributed by atoms with van der Waals surface area (Å²) in [7, 11) is 1.64. The molecule has 0 heterocycles. The van der Waals surface area contributed by atoms with Crippen molar-refractivity contribution in [2.45, 2.75) is 28.7 Å². The molecule has 0 saturated carbocycles. The standard InChI is InChI=1S/C29H25ClO4S/c1-33-24-11-15-26(16-12-24)35-27-17-13-25(14-18-27)34-28(29(31)32)19-4-20-2-5-21(6-3-20)22-7-9-23(30)10-8-22/h2-3,5-18,28H,4,19H2,1H3,(H,31,32). The SMILES string of the molecule is COc1ccc(Sc2ccc(OC(CCc3ccc(-c4ccc(Cl)cc4)cc3)C(=O)O)cc2)cc1. The Hall–Kier alpha value is -3.41. The van der Waals surface area contributed by atoms with E-state index in [4.69, 9.17) is 21.1 Å². The lowest BCUT2D eigenvalue weighted by Gasteiger charge is -2.15.